The summed E-state index contributed by atoms with van der Waals surface area (Å²) >= 11 is 0. The molecule has 0 N–H and O–H groups in total. The van der Waals surface area contributed by atoms with Gasteiger partial charge in [-0.15, -0.1) is 0 Å². The molecule has 0 aliphatic carbocycles. The average molecular weight is 158 g/mol. The van der Waals surface area contributed by atoms with Gasteiger partial charge < -0.3 is 0 Å². The quantitative estimate of drug-likeness (QED) is 0.635. The molecule has 0 aliphatic heterocycles. The van der Waals surface area contributed by atoms with Crippen molar-refractivity contribution < 1.29 is 0 Å². The maximum Gasteiger partial charge on any atom is 0.0918 e. The minimum absolute atomic E-state index is 0.983. The highest BCUT2D eigenvalue weighted by atomic mass is 14.8. The Labute approximate surface area is 71.3 Å². The first kappa shape index (κ1) is 7.22. The molecule has 2 rings (SSSR count). The number of hydrogen-bond acceptors (Lipinski definition) is 2. The molecule has 0 fully saturated rings. The molecule has 1 heterocycles. The van der Waals surface area contributed by atoms with E-state index >= 15 is 0 Å². The van der Waals surface area contributed by atoms with Crippen molar-refractivity contribution in [2.24, 2.45) is 0 Å². The van der Waals surface area contributed by atoms with E-state index in [1.54, 1.807) is 12.4 Å². The summed E-state index contributed by atoms with van der Waals surface area (Å²) in [5.41, 5.74) is 3.28. The predicted molar refractivity (Wildman–Crippen MR) is 48.9 cm³/mol. The minimum Gasteiger partial charge on any atom is -0.253 e. The summed E-state index contributed by atoms with van der Waals surface area (Å²) in [6.07, 6.45) is 4.47. The molecule has 12 heavy (non-hydrogen) atoms. The molecule has 0 radical (unpaired) electrons. The van der Waals surface area contributed by atoms with Gasteiger partial charge >= 0.3 is 0 Å². The molecule has 2 aromatic rings. The van der Waals surface area contributed by atoms with E-state index in [9.17, 15) is 0 Å². The van der Waals surface area contributed by atoms with Crippen LogP contribution in [0.15, 0.2) is 30.6 Å². The first-order valence-electron chi connectivity index (χ1n) is 4.10. The van der Waals surface area contributed by atoms with E-state index in [1.807, 2.05) is 12.1 Å². The van der Waals surface area contributed by atoms with Crippen LogP contribution in [-0.2, 0) is 6.42 Å². The Hall–Kier alpha value is -1.44. The van der Waals surface area contributed by atoms with E-state index in [-0.39, 0.29) is 0 Å². The summed E-state index contributed by atoms with van der Waals surface area (Å²) < 4.78 is 0. The van der Waals surface area contributed by atoms with Crippen molar-refractivity contribution in [1.82, 2.24) is 9.97 Å². The van der Waals surface area contributed by atoms with Gasteiger partial charge in [-0.3, -0.25) is 9.97 Å². The van der Waals surface area contributed by atoms with Crippen molar-refractivity contribution >= 4 is 11.0 Å². The van der Waals surface area contributed by atoms with Crippen LogP contribution < -0.4 is 0 Å². The molecular formula is C10H10N2. The molecule has 2 nitrogen and oxygen atoms in total. The lowest BCUT2D eigenvalue weighted by Gasteiger charge is -2.00. The molecule has 0 spiro atoms. The highest BCUT2D eigenvalue weighted by Crippen LogP contribution is 2.13. The SMILES string of the molecule is CCc1cccc2nccnc12. The monoisotopic (exact) mass is 158 g/mol. The fourth-order valence-electron chi connectivity index (χ4n) is 1.34. The first-order chi connectivity index (χ1) is 5.92. The fraction of sp³-hybridized carbons (Fsp3) is 0.200. The molecule has 1 aromatic heterocycles. The molecule has 60 valence electrons. The summed E-state index contributed by atoms with van der Waals surface area (Å²) in [6.45, 7) is 2.13. The van der Waals surface area contributed by atoms with Gasteiger partial charge in [0.15, 0.2) is 0 Å². The third kappa shape index (κ3) is 1.05. The normalized spacial score (nSPS) is 10.4. The largest absolute Gasteiger partial charge is 0.253 e. The lowest BCUT2D eigenvalue weighted by Crippen LogP contribution is -1.87. The zero-order chi connectivity index (χ0) is 8.39. The molecule has 0 saturated carbocycles. The number of hydrogen-bond donors (Lipinski definition) is 0. The summed E-state index contributed by atoms with van der Waals surface area (Å²) in [5.74, 6) is 0. The standard InChI is InChI=1S/C10H10N2/c1-2-8-4-3-5-9-10(8)12-7-6-11-9/h3-7H,2H2,1H3. The van der Waals surface area contributed by atoms with Gasteiger partial charge in [0.25, 0.3) is 0 Å². The Bertz CT molecular complexity index is 390. The molecule has 0 aliphatic rings. The number of aromatic nitrogens is 2. The smallest absolute Gasteiger partial charge is 0.0918 e. The molecule has 2 heteroatoms. The summed E-state index contributed by atoms with van der Waals surface area (Å²) in [7, 11) is 0. The van der Waals surface area contributed by atoms with E-state index in [4.69, 9.17) is 0 Å². The third-order valence-electron chi connectivity index (χ3n) is 1.96. The Balaban J connectivity index is 2.79. The molecule has 0 saturated heterocycles. The van der Waals surface area contributed by atoms with Gasteiger partial charge in [0.05, 0.1) is 11.0 Å². The van der Waals surface area contributed by atoms with Gasteiger partial charge in [0, 0.05) is 12.4 Å². The highest BCUT2D eigenvalue weighted by Gasteiger charge is 1.98. The van der Waals surface area contributed by atoms with E-state index in [1.165, 1.54) is 5.56 Å². The molecule has 0 bridgehead atoms. The van der Waals surface area contributed by atoms with Crippen LogP contribution in [0, 0.1) is 0 Å². The molecule has 1 aromatic carbocycles. The van der Waals surface area contributed by atoms with Crippen molar-refractivity contribution in [3.63, 3.8) is 0 Å². The van der Waals surface area contributed by atoms with Gasteiger partial charge in [0.2, 0.25) is 0 Å². The van der Waals surface area contributed by atoms with Crippen LogP contribution >= 0.6 is 0 Å². The summed E-state index contributed by atoms with van der Waals surface area (Å²) in [5, 5.41) is 0. The van der Waals surface area contributed by atoms with Gasteiger partial charge in [-0.1, -0.05) is 19.1 Å². The Morgan fingerprint density at radius 1 is 1.17 bits per heavy atom. The third-order valence-corrected chi connectivity index (χ3v) is 1.96. The Morgan fingerprint density at radius 2 is 2.00 bits per heavy atom. The van der Waals surface area contributed by atoms with Gasteiger partial charge in [-0.05, 0) is 18.1 Å². The summed E-state index contributed by atoms with van der Waals surface area (Å²) in [6, 6.07) is 6.11. The van der Waals surface area contributed by atoms with E-state index in [0.717, 1.165) is 17.5 Å². The van der Waals surface area contributed by atoms with Crippen LogP contribution in [0.3, 0.4) is 0 Å². The number of para-hydroxylation sites is 1. The van der Waals surface area contributed by atoms with E-state index in [0.29, 0.717) is 0 Å². The van der Waals surface area contributed by atoms with Crippen molar-refractivity contribution in [2.75, 3.05) is 0 Å². The number of fused-ring (bicyclic) bond motifs is 1. The lowest BCUT2D eigenvalue weighted by atomic mass is 10.1. The van der Waals surface area contributed by atoms with Crippen LogP contribution in [0.2, 0.25) is 0 Å². The predicted octanol–water partition coefficient (Wildman–Crippen LogP) is 2.19. The van der Waals surface area contributed by atoms with Crippen LogP contribution in [0.5, 0.6) is 0 Å². The van der Waals surface area contributed by atoms with Gasteiger partial charge in [0.1, 0.15) is 0 Å². The summed E-state index contributed by atoms with van der Waals surface area (Å²) in [4.78, 5) is 8.52. The average Bonchev–Trinajstić information content (AvgIpc) is 2.17. The maximum atomic E-state index is 4.29. The number of benzene rings is 1. The Kier molecular flexibility index (Phi) is 1.74. The van der Waals surface area contributed by atoms with E-state index in [2.05, 4.69) is 23.0 Å². The number of rotatable bonds is 1. The van der Waals surface area contributed by atoms with E-state index < -0.39 is 0 Å². The zero-order valence-electron chi connectivity index (χ0n) is 6.99. The minimum atomic E-state index is 0.983. The van der Waals surface area contributed by atoms with Crippen molar-refractivity contribution in [3.05, 3.63) is 36.2 Å². The number of nitrogens with zero attached hydrogens (tertiary/aromatic N) is 2. The Morgan fingerprint density at radius 3 is 2.83 bits per heavy atom. The van der Waals surface area contributed by atoms with Crippen molar-refractivity contribution in [3.8, 4) is 0 Å². The lowest BCUT2D eigenvalue weighted by molar-refractivity contribution is 1.14. The van der Waals surface area contributed by atoms with Crippen LogP contribution in [-0.4, -0.2) is 9.97 Å². The topological polar surface area (TPSA) is 25.8 Å². The first-order valence-corrected chi connectivity index (χ1v) is 4.10. The molecule has 0 unspecified atom stereocenters. The molecule has 0 atom stereocenters. The second kappa shape index (κ2) is 2.89. The van der Waals surface area contributed by atoms with Gasteiger partial charge in [-0.25, -0.2) is 0 Å². The molecule has 0 amide bonds. The van der Waals surface area contributed by atoms with Crippen LogP contribution in [0.25, 0.3) is 11.0 Å². The second-order valence-electron chi connectivity index (χ2n) is 2.69. The number of aryl methyl sites for hydroxylation is 1. The fourth-order valence-corrected chi connectivity index (χ4v) is 1.34. The van der Waals surface area contributed by atoms with Crippen LogP contribution in [0.1, 0.15) is 12.5 Å². The zero-order valence-corrected chi connectivity index (χ0v) is 6.99. The highest BCUT2D eigenvalue weighted by molar-refractivity contribution is 5.77. The van der Waals surface area contributed by atoms with Gasteiger partial charge in [-0.2, -0.15) is 0 Å². The maximum absolute atomic E-state index is 4.29. The molecular weight excluding hydrogens is 148 g/mol. The van der Waals surface area contributed by atoms with Crippen molar-refractivity contribution in [2.45, 2.75) is 13.3 Å². The van der Waals surface area contributed by atoms with Crippen LogP contribution in [0.4, 0.5) is 0 Å². The second-order valence-corrected chi connectivity index (χ2v) is 2.69. The van der Waals surface area contributed by atoms with Crippen molar-refractivity contribution in [1.29, 1.82) is 0 Å².